The van der Waals surface area contributed by atoms with Gasteiger partial charge >= 0.3 is 0 Å². The maximum absolute atomic E-state index is 11.5. The van der Waals surface area contributed by atoms with Gasteiger partial charge in [-0.3, -0.25) is 9.79 Å². The Morgan fingerprint density at radius 1 is 1.36 bits per heavy atom. The Morgan fingerprint density at radius 2 is 2.04 bits per heavy atom. The lowest BCUT2D eigenvalue weighted by molar-refractivity contribution is -0.121. The second kappa shape index (κ2) is 12.1. The topological polar surface area (TPSA) is 69.2 Å². The summed E-state index contributed by atoms with van der Waals surface area (Å²) < 4.78 is 5.84. The molecular formula is C18H37N5O2. The minimum Gasteiger partial charge on any atom is -0.377 e. The highest BCUT2D eigenvalue weighted by Gasteiger charge is 2.23. The van der Waals surface area contributed by atoms with Crippen molar-refractivity contribution < 1.29 is 9.53 Å². The summed E-state index contributed by atoms with van der Waals surface area (Å²) in [6.07, 6.45) is 3.88. The van der Waals surface area contributed by atoms with Gasteiger partial charge in [-0.15, -0.1) is 0 Å². The van der Waals surface area contributed by atoms with Crippen molar-refractivity contribution in [3.63, 3.8) is 0 Å². The maximum Gasteiger partial charge on any atom is 0.220 e. The Kier molecular flexibility index (Phi) is 10.5. The zero-order chi connectivity index (χ0) is 18.7. The molecule has 0 aromatic rings. The van der Waals surface area contributed by atoms with E-state index in [-0.39, 0.29) is 12.0 Å². The van der Waals surface area contributed by atoms with Crippen molar-refractivity contribution in [3.05, 3.63) is 0 Å². The Bertz CT molecular complexity index is 406. The van der Waals surface area contributed by atoms with Crippen LogP contribution in [-0.2, 0) is 9.53 Å². The number of ether oxygens (including phenoxy) is 1. The number of nitrogens with one attached hydrogen (secondary N) is 2. The number of amides is 1. The SMILES string of the molecule is CCOC(CCN(C)C)CNC(=NC)N1CCC(CC(=O)NC)CC1. The lowest BCUT2D eigenvalue weighted by Gasteiger charge is -2.34. The molecule has 1 fully saturated rings. The fraction of sp³-hybridized carbons (Fsp3) is 0.889. The van der Waals surface area contributed by atoms with E-state index in [9.17, 15) is 4.79 Å². The van der Waals surface area contributed by atoms with Gasteiger partial charge in [0.15, 0.2) is 5.96 Å². The van der Waals surface area contributed by atoms with Crippen LogP contribution in [0.15, 0.2) is 4.99 Å². The van der Waals surface area contributed by atoms with Gasteiger partial charge in [0.1, 0.15) is 0 Å². The van der Waals surface area contributed by atoms with Gasteiger partial charge in [0, 0.05) is 53.3 Å². The molecule has 1 amide bonds. The van der Waals surface area contributed by atoms with Crippen molar-refractivity contribution in [1.82, 2.24) is 20.4 Å². The smallest absolute Gasteiger partial charge is 0.220 e. The number of nitrogens with zero attached hydrogens (tertiary/aromatic N) is 3. The highest BCUT2D eigenvalue weighted by Crippen LogP contribution is 2.20. The van der Waals surface area contributed by atoms with E-state index in [0.717, 1.165) is 58.0 Å². The summed E-state index contributed by atoms with van der Waals surface area (Å²) in [5.41, 5.74) is 0. The van der Waals surface area contributed by atoms with E-state index in [0.29, 0.717) is 12.3 Å². The zero-order valence-electron chi connectivity index (χ0n) is 16.7. The van der Waals surface area contributed by atoms with Crippen LogP contribution in [0.1, 0.15) is 32.6 Å². The van der Waals surface area contributed by atoms with Crippen molar-refractivity contribution >= 4 is 11.9 Å². The second-order valence-corrected chi connectivity index (χ2v) is 6.91. The summed E-state index contributed by atoms with van der Waals surface area (Å²) >= 11 is 0. The molecular weight excluding hydrogens is 318 g/mol. The van der Waals surface area contributed by atoms with Crippen LogP contribution in [0, 0.1) is 5.92 Å². The normalized spacial score (nSPS) is 17.7. The van der Waals surface area contributed by atoms with E-state index in [1.165, 1.54) is 0 Å². The highest BCUT2D eigenvalue weighted by atomic mass is 16.5. The third-order valence-electron chi connectivity index (χ3n) is 4.67. The molecule has 0 radical (unpaired) electrons. The first-order valence-corrected chi connectivity index (χ1v) is 9.42. The fourth-order valence-electron chi connectivity index (χ4n) is 3.13. The molecule has 0 bridgehead atoms. The highest BCUT2D eigenvalue weighted by molar-refractivity contribution is 5.80. The molecule has 7 nitrogen and oxygen atoms in total. The standard InChI is InChI=1S/C18H37N5O2/c1-6-25-16(9-10-22(4)5)14-21-18(20-3)23-11-7-15(8-12-23)13-17(24)19-2/h15-16H,6-14H2,1-5H3,(H,19,24)(H,20,21). The van der Waals surface area contributed by atoms with Crippen molar-refractivity contribution in [3.8, 4) is 0 Å². The Labute approximate surface area is 153 Å². The average Bonchev–Trinajstić information content (AvgIpc) is 2.61. The molecule has 1 aliphatic rings. The quantitative estimate of drug-likeness (QED) is 0.472. The van der Waals surface area contributed by atoms with Crippen LogP contribution >= 0.6 is 0 Å². The van der Waals surface area contributed by atoms with E-state index >= 15 is 0 Å². The first-order chi connectivity index (χ1) is 12.0. The molecule has 0 aromatic heterocycles. The summed E-state index contributed by atoms with van der Waals surface area (Å²) in [7, 11) is 7.69. The van der Waals surface area contributed by atoms with Gasteiger partial charge in [-0.05, 0) is 46.2 Å². The second-order valence-electron chi connectivity index (χ2n) is 6.91. The minimum atomic E-state index is 0.140. The maximum atomic E-state index is 11.5. The Balaban J connectivity index is 2.42. The molecule has 7 heteroatoms. The molecule has 0 spiro atoms. The van der Waals surface area contributed by atoms with Gasteiger partial charge in [0.05, 0.1) is 6.10 Å². The van der Waals surface area contributed by atoms with Crippen molar-refractivity contribution in [2.75, 3.05) is 61.0 Å². The predicted octanol–water partition coefficient (Wildman–Crippen LogP) is 0.767. The molecule has 1 heterocycles. The van der Waals surface area contributed by atoms with Crippen LogP contribution in [0.4, 0.5) is 0 Å². The summed E-state index contributed by atoms with van der Waals surface area (Å²) in [5, 5.41) is 6.18. The number of likely N-dealkylation sites (tertiary alicyclic amines) is 1. The lowest BCUT2D eigenvalue weighted by Crippen LogP contribution is -2.48. The van der Waals surface area contributed by atoms with Crippen molar-refractivity contribution in [2.45, 2.75) is 38.7 Å². The summed E-state index contributed by atoms with van der Waals surface area (Å²) in [4.78, 5) is 20.4. The Morgan fingerprint density at radius 3 is 2.56 bits per heavy atom. The summed E-state index contributed by atoms with van der Waals surface area (Å²) in [6.45, 7) is 6.43. The molecule has 1 unspecified atom stereocenters. The number of guanidine groups is 1. The van der Waals surface area contributed by atoms with Crippen LogP contribution in [-0.4, -0.2) is 88.7 Å². The molecule has 0 aliphatic carbocycles. The molecule has 0 aromatic carbocycles. The predicted molar refractivity (Wildman–Crippen MR) is 103 cm³/mol. The van der Waals surface area contributed by atoms with Gasteiger partial charge in [0.25, 0.3) is 0 Å². The third-order valence-corrected chi connectivity index (χ3v) is 4.67. The molecule has 1 rings (SSSR count). The molecule has 25 heavy (non-hydrogen) atoms. The molecule has 146 valence electrons. The largest absolute Gasteiger partial charge is 0.377 e. The number of carbonyl (C=O) groups is 1. The number of hydrogen-bond acceptors (Lipinski definition) is 4. The van der Waals surface area contributed by atoms with E-state index in [1.54, 1.807) is 7.05 Å². The third kappa shape index (κ3) is 8.54. The molecule has 1 aliphatic heterocycles. The average molecular weight is 356 g/mol. The number of piperidine rings is 1. The van der Waals surface area contributed by atoms with Gasteiger partial charge in [0.2, 0.25) is 5.91 Å². The number of aliphatic imine (C=N–C) groups is 1. The first-order valence-electron chi connectivity index (χ1n) is 9.42. The van der Waals surface area contributed by atoms with Gasteiger partial charge in [-0.25, -0.2) is 0 Å². The molecule has 1 atom stereocenters. The van der Waals surface area contributed by atoms with E-state index < -0.39 is 0 Å². The van der Waals surface area contributed by atoms with Crippen LogP contribution in [0.2, 0.25) is 0 Å². The summed E-state index contributed by atoms with van der Waals surface area (Å²) in [6, 6.07) is 0. The molecule has 1 saturated heterocycles. The van der Waals surface area contributed by atoms with Crippen LogP contribution < -0.4 is 10.6 Å². The van der Waals surface area contributed by atoms with Crippen LogP contribution in [0.5, 0.6) is 0 Å². The molecule has 2 N–H and O–H groups in total. The van der Waals surface area contributed by atoms with Crippen molar-refractivity contribution in [1.29, 1.82) is 0 Å². The van der Waals surface area contributed by atoms with Gasteiger partial charge < -0.3 is 25.2 Å². The van der Waals surface area contributed by atoms with Crippen LogP contribution in [0.3, 0.4) is 0 Å². The minimum absolute atomic E-state index is 0.140. The van der Waals surface area contributed by atoms with Crippen molar-refractivity contribution in [2.24, 2.45) is 10.9 Å². The monoisotopic (exact) mass is 355 g/mol. The van der Waals surface area contributed by atoms with Gasteiger partial charge in [-0.2, -0.15) is 0 Å². The Hall–Kier alpha value is -1.34. The number of hydrogen-bond donors (Lipinski definition) is 2. The van der Waals surface area contributed by atoms with Gasteiger partial charge in [-0.1, -0.05) is 0 Å². The molecule has 0 saturated carbocycles. The lowest BCUT2D eigenvalue weighted by atomic mass is 9.93. The fourth-order valence-corrected chi connectivity index (χ4v) is 3.13. The van der Waals surface area contributed by atoms with Crippen LogP contribution in [0.25, 0.3) is 0 Å². The van der Waals surface area contributed by atoms with E-state index in [4.69, 9.17) is 4.74 Å². The first kappa shape index (κ1) is 21.7. The number of carbonyl (C=O) groups excluding carboxylic acids is 1. The van der Waals surface area contributed by atoms with E-state index in [2.05, 4.69) is 39.5 Å². The van der Waals surface area contributed by atoms with E-state index in [1.807, 2.05) is 14.0 Å². The number of rotatable bonds is 9. The zero-order valence-corrected chi connectivity index (χ0v) is 16.7. The summed E-state index contributed by atoms with van der Waals surface area (Å²) in [5.74, 6) is 1.56.